The fraction of sp³-hybridized carbons (Fsp3) is 0.211. The summed E-state index contributed by atoms with van der Waals surface area (Å²) in [7, 11) is 0. The Balaban J connectivity index is 1.44. The predicted molar refractivity (Wildman–Crippen MR) is 96.5 cm³/mol. The van der Waals surface area contributed by atoms with Crippen LogP contribution in [0.15, 0.2) is 42.5 Å². The van der Waals surface area contributed by atoms with E-state index in [2.05, 4.69) is 15.6 Å². The van der Waals surface area contributed by atoms with Gasteiger partial charge in [0.1, 0.15) is 17.7 Å². The lowest BCUT2D eigenvalue weighted by atomic mass is 10.1. The first-order chi connectivity index (χ1) is 13.5. The Morgan fingerprint density at radius 1 is 1.25 bits per heavy atom. The SMILES string of the molecule is O=C(NCc1ccc(F)c(Cl)c1)c1nnn2c1CO[C@H](c1ccc(F)cc1)C2. The number of nitrogens with one attached hydrogen (secondary N) is 1. The first-order valence-corrected chi connectivity index (χ1v) is 8.90. The van der Waals surface area contributed by atoms with Crippen LogP contribution in [0, 0.1) is 11.6 Å². The van der Waals surface area contributed by atoms with E-state index in [0.717, 1.165) is 5.56 Å². The minimum absolute atomic E-state index is 0.00646. The van der Waals surface area contributed by atoms with Crippen molar-refractivity contribution in [3.05, 3.63) is 81.6 Å². The molecule has 1 aromatic heterocycles. The molecule has 0 fully saturated rings. The third-order valence-electron chi connectivity index (χ3n) is 4.49. The lowest BCUT2D eigenvalue weighted by Crippen LogP contribution is -2.27. The van der Waals surface area contributed by atoms with E-state index in [1.54, 1.807) is 22.9 Å². The molecule has 0 unspecified atom stereocenters. The van der Waals surface area contributed by atoms with Crippen molar-refractivity contribution < 1.29 is 18.3 Å². The van der Waals surface area contributed by atoms with Gasteiger partial charge in [-0.1, -0.05) is 35.0 Å². The number of hydrogen-bond donors (Lipinski definition) is 1. The first-order valence-electron chi connectivity index (χ1n) is 8.53. The Kier molecular flexibility index (Phi) is 5.06. The van der Waals surface area contributed by atoms with Crippen LogP contribution in [-0.2, 0) is 24.4 Å². The molecule has 0 saturated carbocycles. The fourth-order valence-corrected chi connectivity index (χ4v) is 3.19. The lowest BCUT2D eigenvalue weighted by molar-refractivity contribution is -0.00180. The van der Waals surface area contributed by atoms with Gasteiger partial charge in [0.15, 0.2) is 5.69 Å². The normalized spacial score (nSPS) is 15.9. The van der Waals surface area contributed by atoms with Crippen molar-refractivity contribution >= 4 is 17.5 Å². The van der Waals surface area contributed by atoms with Gasteiger partial charge in [-0.2, -0.15) is 0 Å². The second-order valence-corrected chi connectivity index (χ2v) is 6.76. The molecule has 1 aliphatic rings. The Labute approximate surface area is 164 Å². The molecule has 0 saturated heterocycles. The van der Waals surface area contributed by atoms with Crippen molar-refractivity contribution in [3.63, 3.8) is 0 Å². The lowest BCUT2D eigenvalue weighted by Gasteiger charge is -2.24. The van der Waals surface area contributed by atoms with Gasteiger partial charge in [0.25, 0.3) is 5.91 Å². The number of aromatic nitrogens is 3. The predicted octanol–water partition coefficient (Wildman–Crippen LogP) is 3.41. The van der Waals surface area contributed by atoms with Gasteiger partial charge >= 0.3 is 0 Å². The number of fused-ring (bicyclic) bond motifs is 1. The Morgan fingerprint density at radius 2 is 2.04 bits per heavy atom. The molecular weight excluding hydrogens is 390 g/mol. The zero-order valence-electron chi connectivity index (χ0n) is 14.5. The Morgan fingerprint density at radius 3 is 2.79 bits per heavy atom. The standard InChI is InChI=1S/C19H15ClF2N4O2/c20-14-7-11(1-6-15(14)22)8-23-19(27)18-16-10-28-17(9-26(16)25-24-18)12-2-4-13(21)5-3-12/h1-7,17H,8-10H2,(H,23,27)/t17-/m0/s1. The van der Waals surface area contributed by atoms with Gasteiger partial charge in [0.05, 0.1) is 23.9 Å². The van der Waals surface area contributed by atoms with Crippen molar-refractivity contribution in [3.8, 4) is 0 Å². The summed E-state index contributed by atoms with van der Waals surface area (Å²) in [6.07, 6.45) is -0.299. The fourth-order valence-electron chi connectivity index (χ4n) is 2.98. The first kappa shape index (κ1) is 18.5. The summed E-state index contributed by atoms with van der Waals surface area (Å²) in [5.74, 6) is -1.25. The maximum absolute atomic E-state index is 13.2. The van der Waals surface area contributed by atoms with Crippen LogP contribution < -0.4 is 5.32 Å². The van der Waals surface area contributed by atoms with Gasteiger partial charge in [0.2, 0.25) is 0 Å². The van der Waals surface area contributed by atoms with Gasteiger partial charge in [-0.05, 0) is 35.4 Å². The molecule has 9 heteroatoms. The van der Waals surface area contributed by atoms with Crippen LogP contribution in [0.3, 0.4) is 0 Å². The molecule has 3 aromatic rings. The highest BCUT2D eigenvalue weighted by Crippen LogP contribution is 2.27. The molecule has 6 nitrogen and oxygen atoms in total. The molecule has 144 valence electrons. The van der Waals surface area contributed by atoms with E-state index < -0.39 is 11.7 Å². The smallest absolute Gasteiger partial charge is 0.274 e. The molecule has 4 rings (SSSR count). The van der Waals surface area contributed by atoms with Gasteiger partial charge < -0.3 is 10.1 Å². The quantitative estimate of drug-likeness (QED) is 0.723. The van der Waals surface area contributed by atoms with E-state index in [1.807, 2.05) is 0 Å². The highest BCUT2D eigenvalue weighted by molar-refractivity contribution is 6.30. The topological polar surface area (TPSA) is 69.0 Å². The number of carbonyl (C=O) groups is 1. The summed E-state index contributed by atoms with van der Waals surface area (Å²) in [6.45, 7) is 0.694. The summed E-state index contributed by atoms with van der Waals surface area (Å²) >= 11 is 5.75. The maximum atomic E-state index is 13.2. The van der Waals surface area contributed by atoms with Crippen LogP contribution in [-0.4, -0.2) is 20.9 Å². The van der Waals surface area contributed by atoms with E-state index in [0.29, 0.717) is 17.8 Å². The molecule has 0 spiro atoms. The molecule has 28 heavy (non-hydrogen) atoms. The number of halogens is 3. The number of nitrogens with zero attached hydrogens (tertiary/aromatic N) is 3. The van der Waals surface area contributed by atoms with Crippen molar-refractivity contribution in [1.29, 1.82) is 0 Å². The summed E-state index contributed by atoms with van der Waals surface area (Å²) in [5, 5.41) is 10.7. The monoisotopic (exact) mass is 404 g/mol. The van der Waals surface area contributed by atoms with E-state index in [4.69, 9.17) is 16.3 Å². The van der Waals surface area contributed by atoms with Crippen molar-refractivity contribution in [2.24, 2.45) is 0 Å². The summed E-state index contributed by atoms with van der Waals surface area (Å²) in [6, 6.07) is 10.3. The van der Waals surface area contributed by atoms with E-state index in [9.17, 15) is 13.6 Å². The van der Waals surface area contributed by atoms with E-state index >= 15 is 0 Å². The average Bonchev–Trinajstić information content (AvgIpc) is 3.12. The third kappa shape index (κ3) is 3.74. The molecule has 0 bridgehead atoms. The van der Waals surface area contributed by atoms with E-state index in [1.165, 1.54) is 24.3 Å². The summed E-state index contributed by atoms with van der Waals surface area (Å²) < 4.78 is 33.7. The maximum Gasteiger partial charge on any atom is 0.274 e. The van der Waals surface area contributed by atoms with Crippen LogP contribution in [0.4, 0.5) is 8.78 Å². The van der Waals surface area contributed by atoms with Crippen LogP contribution in [0.2, 0.25) is 5.02 Å². The molecule has 1 aliphatic heterocycles. The number of benzene rings is 2. The van der Waals surface area contributed by atoms with Crippen LogP contribution in [0.25, 0.3) is 0 Å². The highest BCUT2D eigenvalue weighted by Gasteiger charge is 2.27. The second-order valence-electron chi connectivity index (χ2n) is 6.35. The van der Waals surface area contributed by atoms with Gasteiger partial charge in [-0.25, -0.2) is 13.5 Å². The number of rotatable bonds is 4. The van der Waals surface area contributed by atoms with Gasteiger partial charge in [-0.3, -0.25) is 4.79 Å². The highest BCUT2D eigenvalue weighted by atomic mass is 35.5. The van der Waals surface area contributed by atoms with E-state index in [-0.39, 0.29) is 35.8 Å². The number of hydrogen-bond acceptors (Lipinski definition) is 4. The molecule has 0 aliphatic carbocycles. The zero-order chi connectivity index (χ0) is 19.7. The molecular formula is C19H15ClF2N4O2. The average molecular weight is 405 g/mol. The minimum atomic E-state index is -0.517. The Hall–Kier alpha value is -2.84. The third-order valence-corrected chi connectivity index (χ3v) is 4.78. The molecule has 2 aromatic carbocycles. The molecule has 1 atom stereocenters. The van der Waals surface area contributed by atoms with Gasteiger partial charge in [0, 0.05) is 6.54 Å². The molecule has 2 heterocycles. The van der Waals surface area contributed by atoms with Crippen LogP contribution in [0.5, 0.6) is 0 Å². The minimum Gasteiger partial charge on any atom is -0.365 e. The Bertz CT molecular complexity index is 1020. The van der Waals surface area contributed by atoms with Crippen LogP contribution >= 0.6 is 11.6 Å². The summed E-state index contributed by atoms with van der Waals surface area (Å²) in [4.78, 5) is 12.5. The molecule has 1 amide bonds. The molecule has 1 N–H and O–H groups in total. The van der Waals surface area contributed by atoms with Crippen molar-refractivity contribution in [2.75, 3.05) is 0 Å². The number of carbonyl (C=O) groups excluding carboxylic acids is 1. The number of ether oxygens (including phenoxy) is 1. The van der Waals surface area contributed by atoms with Gasteiger partial charge in [-0.15, -0.1) is 5.10 Å². The van der Waals surface area contributed by atoms with Crippen molar-refractivity contribution in [1.82, 2.24) is 20.3 Å². The molecule has 0 radical (unpaired) electrons. The zero-order valence-corrected chi connectivity index (χ0v) is 15.3. The van der Waals surface area contributed by atoms with Crippen molar-refractivity contribution in [2.45, 2.75) is 25.8 Å². The largest absolute Gasteiger partial charge is 0.365 e. The second kappa shape index (κ2) is 7.65. The summed E-state index contributed by atoms with van der Waals surface area (Å²) in [5.41, 5.74) is 2.22. The van der Waals surface area contributed by atoms with Crippen LogP contribution in [0.1, 0.15) is 33.4 Å². The number of amides is 1.